The van der Waals surface area contributed by atoms with Gasteiger partial charge in [0.25, 0.3) is 0 Å². The SMILES string of the molecule is CCC1CN(CCOc2ccccc2OC)CC/C1=N\O. The van der Waals surface area contributed by atoms with E-state index in [-0.39, 0.29) is 0 Å². The largest absolute Gasteiger partial charge is 0.493 e. The molecule has 1 heterocycles. The van der Waals surface area contributed by atoms with Crippen LogP contribution in [0.15, 0.2) is 29.4 Å². The van der Waals surface area contributed by atoms with Crippen molar-refractivity contribution in [3.8, 4) is 11.5 Å². The number of ether oxygens (including phenoxy) is 2. The van der Waals surface area contributed by atoms with Gasteiger partial charge in [-0.15, -0.1) is 0 Å². The summed E-state index contributed by atoms with van der Waals surface area (Å²) in [5.74, 6) is 1.90. The van der Waals surface area contributed by atoms with Crippen molar-refractivity contribution in [1.29, 1.82) is 0 Å². The summed E-state index contributed by atoms with van der Waals surface area (Å²) in [6.45, 7) is 5.48. The molecular weight excluding hydrogens is 268 g/mol. The number of rotatable bonds is 6. The maximum Gasteiger partial charge on any atom is 0.161 e. The van der Waals surface area contributed by atoms with Crippen LogP contribution in [0.5, 0.6) is 11.5 Å². The third-order valence-electron chi connectivity index (χ3n) is 3.99. The van der Waals surface area contributed by atoms with Gasteiger partial charge in [0, 0.05) is 32.0 Å². The minimum Gasteiger partial charge on any atom is -0.493 e. The lowest BCUT2D eigenvalue weighted by atomic mass is 9.93. The van der Waals surface area contributed by atoms with E-state index in [0.717, 1.165) is 49.7 Å². The average Bonchev–Trinajstić information content (AvgIpc) is 2.55. The molecule has 1 aromatic carbocycles. The van der Waals surface area contributed by atoms with Crippen molar-refractivity contribution in [3.63, 3.8) is 0 Å². The maximum absolute atomic E-state index is 8.99. The molecule has 1 N–H and O–H groups in total. The van der Waals surface area contributed by atoms with E-state index in [0.29, 0.717) is 12.5 Å². The van der Waals surface area contributed by atoms with Gasteiger partial charge in [-0.05, 0) is 18.6 Å². The highest BCUT2D eigenvalue weighted by Gasteiger charge is 2.24. The van der Waals surface area contributed by atoms with Gasteiger partial charge in [-0.2, -0.15) is 0 Å². The Hall–Kier alpha value is -1.75. The molecule has 2 rings (SSSR count). The molecule has 0 spiro atoms. The van der Waals surface area contributed by atoms with Crippen molar-refractivity contribution in [2.24, 2.45) is 11.1 Å². The van der Waals surface area contributed by atoms with Crippen molar-refractivity contribution in [2.45, 2.75) is 19.8 Å². The summed E-state index contributed by atoms with van der Waals surface area (Å²) in [5, 5.41) is 12.4. The molecule has 0 radical (unpaired) electrons. The number of nitrogens with zero attached hydrogens (tertiary/aromatic N) is 2. The number of benzene rings is 1. The number of hydrogen-bond acceptors (Lipinski definition) is 5. The molecule has 0 bridgehead atoms. The molecule has 1 fully saturated rings. The fourth-order valence-corrected chi connectivity index (χ4v) is 2.71. The summed E-state index contributed by atoms with van der Waals surface area (Å²) < 4.78 is 11.1. The van der Waals surface area contributed by atoms with E-state index in [1.807, 2.05) is 24.3 Å². The Bertz CT molecular complexity index is 476. The number of para-hydroxylation sites is 2. The van der Waals surface area contributed by atoms with Crippen LogP contribution in [0.25, 0.3) is 0 Å². The summed E-state index contributed by atoms with van der Waals surface area (Å²) in [4.78, 5) is 2.36. The molecule has 1 saturated heterocycles. The van der Waals surface area contributed by atoms with Crippen LogP contribution in [0, 0.1) is 5.92 Å². The Morgan fingerprint density at radius 1 is 1.33 bits per heavy atom. The molecule has 116 valence electrons. The van der Waals surface area contributed by atoms with Crippen molar-refractivity contribution in [2.75, 3.05) is 33.4 Å². The average molecular weight is 292 g/mol. The van der Waals surface area contributed by atoms with Crippen LogP contribution in [0.2, 0.25) is 0 Å². The van der Waals surface area contributed by atoms with E-state index < -0.39 is 0 Å². The molecule has 1 atom stereocenters. The van der Waals surface area contributed by atoms with E-state index in [2.05, 4.69) is 17.0 Å². The normalized spacial score (nSPS) is 21.4. The first-order valence-corrected chi connectivity index (χ1v) is 7.47. The Morgan fingerprint density at radius 2 is 2.10 bits per heavy atom. The lowest BCUT2D eigenvalue weighted by molar-refractivity contribution is 0.182. The first-order valence-electron chi connectivity index (χ1n) is 7.47. The number of oxime groups is 1. The van der Waals surface area contributed by atoms with Gasteiger partial charge >= 0.3 is 0 Å². The van der Waals surface area contributed by atoms with Gasteiger partial charge in [-0.3, -0.25) is 4.90 Å². The van der Waals surface area contributed by atoms with Gasteiger partial charge in [0.1, 0.15) is 6.61 Å². The highest BCUT2D eigenvalue weighted by Crippen LogP contribution is 2.25. The predicted octanol–water partition coefficient (Wildman–Crippen LogP) is 2.64. The van der Waals surface area contributed by atoms with Crippen LogP contribution in [0.1, 0.15) is 19.8 Å². The van der Waals surface area contributed by atoms with Gasteiger partial charge in [-0.25, -0.2) is 0 Å². The Kier molecular flexibility index (Phi) is 5.87. The summed E-state index contributed by atoms with van der Waals surface area (Å²) in [5.41, 5.74) is 0.930. The second-order valence-corrected chi connectivity index (χ2v) is 5.25. The molecule has 21 heavy (non-hydrogen) atoms. The molecule has 0 amide bonds. The predicted molar refractivity (Wildman–Crippen MR) is 82.5 cm³/mol. The van der Waals surface area contributed by atoms with E-state index >= 15 is 0 Å². The molecule has 5 nitrogen and oxygen atoms in total. The highest BCUT2D eigenvalue weighted by atomic mass is 16.5. The lowest BCUT2D eigenvalue weighted by Gasteiger charge is -2.32. The minimum absolute atomic E-state index is 0.356. The zero-order valence-electron chi connectivity index (χ0n) is 12.8. The Labute approximate surface area is 126 Å². The van der Waals surface area contributed by atoms with E-state index in [1.54, 1.807) is 7.11 Å². The van der Waals surface area contributed by atoms with Crippen molar-refractivity contribution < 1.29 is 14.7 Å². The van der Waals surface area contributed by atoms with E-state index in [4.69, 9.17) is 14.7 Å². The zero-order valence-corrected chi connectivity index (χ0v) is 12.8. The molecule has 1 unspecified atom stereocenters. The number of methoxy groups -OCH3 is 1. The first kappa shape index (κ1) is 15.6. The third-order valence-corrected chi connectivity index (χ3v) is 3.99. The number of piperidine rings is 1. The standard InChI is InChI=1S/C16H24N2O3/c1-3-13-12-18(9-8-14(13)17-19)10-11-21-16-7-5-4-6-15(16)20-2/h4-7,13,19H,3,8-12H2,1-2H3/b17-14+. The van der Waals surface area contributed by atoms with Crippen molar-refractivity contribution in [1.82, 2.24) is 4.90 Å². The van der Waals surface area contributed by atoms with Crippen LogP contribution in [-0.2, 0) is 0 Å². The Balaban J connectivity index is 1.81. The van der Waals surface area contributed by atoms with Gasteiger partial charge in [0.15, 0.2) is 11.5 Å². The van der Waals surface area contributed by atoms with Crippen LogP contribution in [-0.4, -0.2) is 49.2 Å². The van der Waals surface area contributed by atoms with Crippen LogP contribution in [0.4, 0.5) is 0 Å². The van der Waals surface area contributed by atoms with Crippen LogP contribution < -0.4 is 9.47 Å². The van der Waals surface area contributed by atoms with Crippen LogP contribution in [0.3, 0.4) is 0 Å². The van der Waals surface area contributed by atoms with Gasteiger partial charge < -0.3 is 14.7 Å². The van der Waals surface area contributed by atoms with Gasteiger partial charge in [-0.1, -0.05) is 24.2 Å². The number of hydrogen-bond donors (Lipinski definition) is 1. The maximum atomic E-state index is 8.99. The molecule has 5 heteroatoms. The lowest BCUT2D eigenvalue weighted by Crippen LogP contribution is -2.42. The highest BCUT2D eigenvalue weighted by molar-refractivity contribution is 5.87. The fraction of sp³-hybridized carbons (Fsp3) is 0.562. The summed E-state index contributed by atoms with van der Waals surface area (Å²) in [7, 11) is 1.65. The topological polar surface area (TPSA) is 54.3 Å². The molecule has 0 saturated carbocycles. The van der Waals surface area contributed by atoms with Crippen molar-refractivity contribution >= 4 is 5.71 Å². The molecular formula is C16H24N2O3. The van der Waals surface area contributed by atoms with Crippen LogP contribution >= 0.6 is 0 Å². The summed E-state index contributed by atoms with van der Waals surface area (Å²) in [6.07, 6.45) is 1.84. The molecule has 0 aliphatic carbocycles. The van der Waals surface area contributed by atoms with Crippen molar-refractivity contribution in [3.05, 3.63) is 24.3 Å². The molecule has 1 aromatic rings. The molecule has 0 aromatic heterocycles. The smallest absolute Gasteiger partial charge is 0.161 e. The zero-order chi connectivity index (χ0) is 15.1. The van der Waals surface area contributed by atoms with E-state index in [1.165, 1.54) is 0 Å². The fourth-order valence-electron chi connectivity index (χ4n) is 2.71. The monoisotopic (exact) mass is 292 g/mol. The molecule has 1 aliphatic heterocycles. The minimum atomic E-state index is 0.356. The second-order valence-electron chi connectivity index (χ2n) is 5.25. The quantitative estimate of drug-likeness (QED) is 0.647. The summed E-state index contributed by atoms with van der Waals surface area (Å²) >= 11 is 0. The summed E-state index contributed by atoms with van der Waals surface area (Å²) in [6, 6.07) is 7.68. The first-order chi connectivity index (χ1) is 10.3. The van der Waals surface area contributed by atoms with Gasteiger partial charge in [0.05, 0.1) is 12.8 Å². The van der Waals surface area contributed by atoms with E-state index in [9.17, 15) is 0 Å². The third kappa shape index (κ3) is 4.11. The second kappa shape index (κ2) is 7.88. The van der Waals surface area contributed by atoms with Gasteiger partial charge in [0.2, 0.25) is 0 Å². The number of likely N-dealkylation sites (tertiary alicyclic amines) is 1. The Morgan fingerprint density at radius 3 is 2.76 bits per heavy atom. The molecule has 1 aliphatic rings.